The molecule has 3 rings (SSSR count). The molecule has 3 fully saturated rings. The van der Waals surface area contributed by atoms with E-state index in [-0.39, 0.29) is 0 Å². The van der Waals surface area contributed by atoms with Crippen LogP contribution in [0.2, 0.25) is 0 Å². The zero-order chi connectivity index (χ0) is 9.43. The maximum Gasteiger partial charge on any atom is -0.00435 e. The third-order valence-corrected chi connectivity index (χ3v) is 5.31. The minimum atomic E-state index is 0.802. The number of nitrogens with one attached hydrogen (secondary N) is 1. The fraction of sp³-hybridized carbons (Fsp3) is 1.00. The molecule has 1 heterocycles. The molecule has 1 N–H and O–H groups in total. The fourth-order valence-electron chi connectivity index (χ4n) is 4.56. The van der Waals surface area contributed by atoms with Crippen molar-refractivity contribution in [1.82, 2.24) is 5.32 Å². The van der Waals surface area contributed by atoms with Gasteiger partial charge in [-0.1, -0.05) is 19.3 Å². The van der Waals surface area contributed by atoms with Gasteiger partial charge in [0.15, 0.2) is 0 Å². The Hall–Kier alpha value is -0.0400. The van der Waals surface area contributed by atoms with Gasteiger partial charge in [0, 0.05) is 0 Å². The Morgan fingerprint density at radius 1 is 0.857 bits per heavy atom. The molecule has 1 heteroatoms. The Bertz CT molecular complexity index is 205. The molecule has 0 bridgehead atoms. The van der Waals surface area contributed by atoms with Crippen LogP contribution in [0.1, 0.15) is 51.4 Å². The van der Waals surface area contributed by atoms with E-state index in [2.05, 4.69) is 5.32 Å². The first-order chi connectivity index (χ1) is 6.91. The number of piperidine rings is 1. The summed E-state index contributed by atoms with van der Waals surface area (Å²) in [6, 6.07) is 0. The van der Waals surface area contributed by atoms with Gasteiger partial charge in [-0.2, -0.15) is 0 Å². The lowest BCUT2D eigenvalue weighted by atomic mass is 9.65. The van der Waals surface area contributed by atoms with Crippen LogP contribution in [0.4, 0.5) is 0 Å². The molecule has 0 aromatic rings. The summed E-state index contributed by atoms with van der Waals surface area (Å²) in [4.78, 5) is 0. The van der Waals surface area contributed by atoms with Gasteiger partial charge >= 0.3 is 0 Å². The van der Waals surface area contributed by atoms with Crippen molar-refractivity contribution in [1.29, 1.82) is 0 Å². The molecular weight excluding hydrogens is 170 g/mol. The van der Waals surface area contributed by atoms with Gasteiger partial charge in [0.05, 0.1) is 0 Å². The number of hydrogen-bond acceptors (Lipinski definition) is 1. The van der Waals surface area contributed by atoms with E-state index < -0.39 is 0 Å². The molecule has 1 spiro atoms. The average Bonchev–Trinajstić information content (AvgIpc) is 2.60. The van der Waals surface area contributed by atoms with Crippen molar-refractivity contribution in [3.8, 4) is 0 Å². The average molecular weight is 193 g/mol. The summed E-state index contributed by atoms with van der Waals surface area (Å²) in [6.07, 6.45) is 12.2. The Balaban J connectivity index is 1.78. The van der Waals surface area contributed by atoms with Crippen LogP contribution in [0.5, 0.6) is 0 Å². The Morgan fingerprint density at radius 3 is 2.50 bits per heavy atom. The van der Waals surface area contributed by atoms with Crippen LogP contribution in [-0.2, 0) is 0 Å². The summed E-state index contributed by atoms with van der Waals surface area (Å²) in [5.74, 6) is 2.25. The topological polar surface area (TPSA) is 12.0 Å². The summed E-state index contributed by atoms with van der Waals surface area (Å²) in [6.45, 7) is 2.59. The molecule has 0 amide bonds. The largest absolute Gasteiger partial charge is 0.317 e. The Labute approximate surface area is 87.7 Å². The van der Waals surface area contributed by atoms with Gasteiger partial charge in [0.1, 0.15) is 0 Å². The SMILES string of the molecule is C1CCC2C(C1)CCC21CCNCC1. The molecule has 0 aromatic heterocycles. The summed E-state index contributed by atoms with van der Waals surface area (Å²) >= 11 is 0. The summed E-state index contributed by atoms with van der Waals surface area (Å²) < 4.78 is 0. The summed E-state index contributed by atoms with van der Waals surface area (Å²) in [7, 11) is 0. The molecule has 3 aliphatic rings. The van der Waals surface area contributed by atoms with E-state index in [1.807, 2.05) is 0 Å². The van der Waals surface area contributed by atoms with Crippen LogP contribution in [0.3, 0.4) is 0 Å². The third kappa shape index (κ3) is 1.32. The van der Waals surface area contributed by atoms with Gasteiger partial charge in [-0.15, -0.1) is 0 Å². The molecule has 80 valence electrons. The lowest BCUT2D eigenvalue weighted by Gasteiger charge is -2.42. The molecule has 0 aromatic carbocycles. The van der Waals surface area contributed by atoms with Crippen LogP contribution in [0.15, 0.2) is 0 Å². The molecule has 1 aliphatic heterocycles. The normalized spacial score (nSPS) is 41.1. The van der Waals surface area contributed by atoms with Crippen molar-refractivity contribution >= 4 is 0 Å². The molecule has 2 atom stereocenters. The highest BCUT2D eigenvalue weighted by Gasteiger charge is 2.48. The molecule has 14 heavy (non-hydrogen) atoms. The van der Waals surface area contributed by atoms with E-state index in [1.54, 1.807) is 25.7 Å². The lowest BCUT2D eigenvalue weighted by Crippen LogP contribution is -2.40. The zero-order valence-electron chi connectivity index (χ0n) is 9.23. The van der Waals surface area contributed by atoms with Crippen LogP contribution < -0.4 is 5.32 Å². The van der Waals surface area contributed by atoms with Gasteiger partial charge in [-0.05, 0) is 62.4 Å². The first kappa shape index (κ1) is 9.21. The molecule has 2 aliphatic carbocycles. The Morgan fingerprint density at radius 2 is 1.64 bits per heavy atom. The highest BCUT2D eigenvalue weighted by atomic mass is 14.9. The van der Waals surface area contributed by atoms with Gasteiger partial charge in [-0.3, -0.25) is 0 Å². The number of fused-ring (bicyclic) bond motifs is 2. The van der Waals surface area contributed by atoms with Crippen LogP contribution in [0.25, 0.3) is 0 Å². The standard InChI is InChI=1S/C13H23N/c1-2-4-12-11(3-1)5-6-13(12)7-9-14-10-8-13/h11-12,14H,1-10H2. The van der Waals surface area contributed by atoms with Crippen molar-refractivity contribution in [2.45, 2.75) is 51.4 Å². The molecule has 1 saturated heterocycles. The maximum absolute atomic E-state index is 3.53. The second kappa shape index (κ2) is 3.52. The highest BCUT2D eigenvalue weighted by molar-refractivity contribution is 4.99. The Kier molecular flexibility index (Phi) is 2.31. The van der Waals surface area contributed by atoms with Gasteiger partial charge in [0.25, 0.3) is 0 Å². The van der Waals surface area contributed by atoms with Crippen molar-refractivity contribution < 1.29 is 0 Å². The van der Waals surface area contributed by atoms with Gasteiger partial charge < -0.3 is 5.32 Å². The van der Waals surface area contributed by atoms with Crippen LogP contribution >= 0.6 is 0 Å². The second-order valence-corrected chi connectivity index (χ2v) is 5.80. The second-order valence-electron chi connectivity index (χ2n) is 5.80. The molecule has 2 saturated carbocycles. The molecule has 1 nitrogen and oxygen atoms in total. The summed E-state index contributed by atoms with van der Waals surface area (Å²) in [5.41, 5.74) is 0.802. The molecule has 0 radical (unpaired) electrons. The predicted molar refractivity (Wildman–Crippen MR) is 59.2 cm³/mol. The zero-order valence-corrected chi connectivity index (χ0v) is 9.23. The summed E-state index contributed by atoms with van der Waals surface area (Å²) in [5, 5.41) is 3.53. The lowest BCUT2D eigenvalue weighted by molar-refractivity contribution is 0.0897. The predicted octanol–water partition coefficient (Wildman–Crippen LogP) is 2.96. The minimum absolute atomic E-state index is 0.802. The van der Waals surface area contributed by atoms with Gasteiger partial charge in [-0.25, -0.2) is 0 Å². The number of hydrogen-bond donors (Lipinski definition) is 1. The van der Waals surface area contributed by atoms with Crippen LogP contribution in [0, 0.1) is 17.3 Å². The third-order valence-electron chi connectivity index (χ3n) is 5.31. The van der Waals surface area contributed by atoms with E-state index in [0.717, 1.165) is 17.3 Å². The van der Waals surface area contributed by atoms with E-state index in [0.29, 0.717) is 0 Å². The number of rotatable bonds is 0. The molecule has 2 unspecified atom stereocenters. The monoisotopic (exact) mass is 193 g/mol. The van der Waals surface area contributed by atoms with E-state index >= 15 is 0 Å². The van der Waals surface area contributed by atoms with Crippen molar-refractivity contribution in [3.05, 3.63) is 0 Å². The van der Waals surface area contributed by atoms with E-state index in [1.165, 1.54) is 38.8 Å². The minimum Gasteiger partial charge on any atom is -0.317 e. The first-order valence-corrected chi connectivity index (χ1v) is 6.61. The first-order valence-electron chi connectivity index (χ1n) is 6.61. The van der Waals surface area contributed by atoms with Gasteiger partial charge in [0.2, 0.25) is 0 Å². The van der Waals surface area contributed by atoms with E-state index in [4.69, 9.17) is 0 Å². The quantitative estimate of drug-likeness (QED) is 0.623. The molecular formula is C13H23N. The maximum atomic E-state index is 3.53. The van der Waals surface area contributed by atoms with Crippen molar-refractivity contribution in [2.24, 2.45) is 17.3 Å². The van der Waals surface area contributed by atoms with E-state index in [9.17, 15) is 0 Å². The fourth-order valence-corrected chi connectivity index (χ4v) is 4.56. The smallest absolute Gasteiger partial charge is 0.00435 e. The van der Waals surface area contributed by atoms with Crippen molar-refractivity contribution in [2.75, 3.05) is 13.1 Å². The van der Waals surface area contributed by atoms with Crippen LogP contribution in [-0.4, -0.2) is 13.1 Å². The highest BCUT2D eigenvalue weighted by Crippen LogP contribution is 2.57. The van der Waals surface area contributed by atoms with Crippen molar-refractivity contribution in [3.63, 3.8) is 0 Å².